The SMILES string of the molecule is CCCCCCCCCCCCCC/C=C\CCCCCCCCCCCCCCCC(=O)NC(CO)C(O)C(O)CCCCCCCCCCCCCCC. The van der Waals surface area contributed by atoms with Gasteiger partial charge in [-0.3, -0.25) is 4.79 Å². The number of hydrogen-bond donors (Lipinski definition) is 4. The number of rotatable bonds is 47. The first-order chi connectivity index (χ1) is 27.6. The molecule has 5 nitrogen and oxygen atoms in total. The summed E-state index contributed by atoms with van der Waals surface area (Å²) in [7, 11) is 0. The highest BCUT2D eigenvalue weighted by atomic mass is 16.3. The molecule has 5 heteroatoms. The van der Waals surface area contributed by atoms with Crippen LogP contribution in [0.4, 0.5) is 0 Å². The van der Waals surface area contributed by atoms with Crippen LogP contribution in [0.3, 0.4) is 0 Å². The van der Waals surface area contributed by atoms with Gasteiger partial charge in [-0.25, -0.2) is 0 Å². The molecule has 334 valence electrons. The molecule has 0 aromatic carbocycles. The maximum atomic E-state index is 12.5. The average molecular weight is 792 g/mol. The zero-order valence-corrected chi connectivity index (χ0v) is 38.0. The molecule has 1 amide bonds. The van der Waals surface area contributed by atoms with Crippen molar-refractivity contribution in [1.82, 2.24) is 5.32 Å². The molecule has 0 aliphatic heterocycles. The maximum absolute atomic E-state index is 12.5. The summed E-state index contributed by atoms with van der Waals surface area (Å²) in [6.07, 6.45) is 56.4. The maximum Gasteiger partial charge on any atom is 0.220 e. The molecule has 0 aromatic heterocycles. The number of aliphatic hydroxyl groups is 3. The molecule has 0 spiro atoms. The second-order valence-corrected chi connectivity index (χ2v) is 17.7. The van der Waals surface area contributed by atoms with Gasteiger partial charge in [0.05, 0.1) is 18.8 Å². The van der Waals surface area contributed by atoms with Crippen LogP contribution in [-0.2, 0) is 4.79 Å². The van der Waals surface area contributed by atoms with E-state index in [0.29, 0.717) is 12.8 Å². The van der Waals surface area contributed by atoms with Crippen LogP contribution >= 0.6 is 0 Å². The molecule has 0 aliphatic carbocycles. The normalized spacial score (nSPS) is 13.4. The zero-order chi connectivity index (χ0) is 40.8. The van der Waals surface area contributed by atoms with Crippen molar-refractivity contribution in [2.45, 2.75) is 302 Å². The summed E-state index contributed by atoms with van der Waals surface area (Å²) in [5.74, 6) is -0.141. The number of amides is 1. The lowest BCUT2D eigenvalue weighted by atomic mass is 9.99. The highest BCUT2D eigenvalue weighted by molar-refractivity contribution is 5.76. The van der Waals surface area contributed by atoms with Gasteiger partial charge in [0.15, 0.2) is 0 Å². The van der Waals surface area contributed by atoms with Gasteiger partial charge in [0.1, 0.15) is 6.10 Å². The Bertz CT molecular complexity index is 788. The summed E-state index contributed by atoms with van der Waals surface area (Å²) in [6.45, 7) is 4.20. The minimum atomic E-state index is -1.13. The van der Waals surface area contributed by atoms with E-state index in [9.17, 15) is 20.1 Å². The molecule has 0 radical (unpaired) electrons. The van der Waals surface area contributed by atoms with Gasteiger partial charge in [-0.05, 0) is 38.5 Å². The van der Waals surface area contributed by atoms with Crippen molar-refractivity contribution in [1.29, 1.82) is 0 Å². The molecular weight excluding hydrogens is 691 g/mol. The van der Waals surface area contributed by atoms with Crippen LogP contribution in [0.15, 0.2) is 12.2 Å². The summed E-state index contributed by atoms with van der Waals surface area (Å²) >= 11 is 0. The fourth-order valence-corrected chi connectivity index (χ4v) is 8.16. The van der Waals surface area contributed by atoms with Crippen LogP contribution in [0.5, 0.6) is 0 Å². The minimum Gasteiger partial charge on any atom is -0.394 e. The standard InChI is InChI=1S/C51H101NO4/c1-3-5-7-9-11-13-15-17-18-19-20-21-22-23-24-25-26-27-28-29-30-31-32-34-36-38-40-42-44-46-50(55)52-48(47-53)51(56)49(54)45-43-41-39-37-35-33-16-14-12-10-8-6-4-2/h23-24,48-49,51,53-54,56H,3-22,25-47H2,1-2H3,(H,52,55)/b24-23-. The highest BCUT2D eigenvalue weighted by Crippen LogP contribution is 2.17. The third-order valence-corrected chi connectivity index (χ3v) is 12.1. The Morgan fingerprint density at radius 2 is 0.714 bits per heavy atom. The van der Waals surface area contributed by atoms with Gasteiger partial charge in [-0.15, -0.1) is 0 Å². The Morgan fingerprint density at radius 1 is 0.429 bits per heavy atom. The molecule has 0 rings (SSSR count). The Labute approximate surface area is 350 Å². The first-order valence-electron chi connectivity index (χ1n) is 25.5. The zero-order valence-electron chi connectivity index (χ0n) is 38.0. The first kappa shape index (κ1) is 55.1. The summed E-state index contributed by atoms with van der Waals surface area (Å²) < 4.78 is 0. The predicted octanol–water partition coefficient (Wildman–Crippen LogP) is 15.2. The second-order valence-electron chi connectivity index (χ2n) is 17.7. The topological polar surface area (TPSA) is 89.8 Å². The molecule has 0 bridgehead atoms. The van der Waals surface area contributed by atoms with Crippen molar-refractivity contribution >= 4 is 5.91 Å². The Kier molecular flexibility index (Phi) is 46.0. The van der Waals surface area contributed by atoms with E-state index < -0.39 is 18.2 Å². The molecule has 0 saturated heterocycles. The molecule has 56 heavy (non-hydrogen) atoms. The first-order valence-corrected chi connectivity index (χ1v) is 25.5. The molecular formula is C51H101NO4. The molecule has 3 atom stereocenters. The van der Waals surface area contributed by atoms with Crippen LogP contribution in [0.25, 0.3) is 0 Å². The Morgan fingerprint density at radius 3 is 1.04 bits per heavy atom. The summed E-state index contributed by atoms with van der Waals surface area (Å²) in [4.78, 5) is 12.5. The van der Waals surface area contributed by atoms with E-state index in [-0.39, 0.29) is 12.5 Å². The predicted molar refractivity (Wildman–Crippen MR) is 245 cm³/mol. The lowest BCUT2D eigenvalue weighted by molar-refractivity contribution is -0.124. The summed E-state index contributed by atoms with van der Waals surface area (Å²) in [6, 6.07) is -0.805. The van der Waals surface area contributed by atoms with Crippen LogP contribution in [-0.4, -0.2) is 46.1 Å². The van der Waals surface area contributed by atoms with Crippen molar-refractivity contribution in [3.63, 3.8) is 0 Å². The van der Waals surface area contributed by atoms with Crippen molar-refractivity contribution in [2.24, 2.45) is 0 Å². The molecule has 4 N–H and O–H groups in total. The number of carbonyl (C=O) groups excluding carboxylic acids is 1. The quantitative estimate of drug-likeness (QED) is 0.0365. The third kappa shape index (κ3) is 41.3. The highest BCUT2D eigenvalue weighted by Gasteiger charge is 2.26. The van der Waals surface area contributed by atoms with E-state index in [0.717, 1.165) is 38.5 Å². The summed E-state index contributed by atoms with van der Waals surface area (Å²) in [5, 5.41) is 33.6. The second kappa shape index (κ2) is 46.8. The van der Waals surface area contributed by atoms with Gasteiger partial charge in [0, 0.05) is 6.42 Å². The number of nitrogens with one attached hydrogen (secondary N) is 1. The molecule has 0 saturated carbocycles. The number of carbonyl (C=O) groups is 1. The van der Waals surface area contributed by atoms with Gasteiger partial charge in [-0.2, -0.15) is 0 Å². The third-order valence-electron chi connectivity index (χ3n) is 12.1. The fraction of sp³-hybridized carbons (Fsp3) is 0.941. The van der Waals surface area contributed by atoms with Crippen LogP contribution in [0, 0.1) is 0 Å². The van der Waals surface area contributed by atoms with Gasteiger partial charge >= 0.3 is 0 Å². The largest absolute Gasteiger partial charge is 0.394 e. The Balaban J connectivity index is 3.50. The monoisotopic (exact) mass is 792 g/mol. The van der Waals surface area contributed by atoms with E-state index in [2.05, 4.69) is 31.3 Å². The Hall–Kier alpha value is -0.910. The van der Waals surface area contributed by atoms with Gasteiger partial charge in [0.2, 0.25) is 5.91 Å². The van der Waals surface area contributed by atoms with E-state index >= 15 is 0 Å². The van der Waals surface area contributed by atoms with E-state index in [1.807, 2.05) is 0 Å². The fourth-order valence-electron chi connectivity index (χ4n) is 8.16. The van der Waals surface area contributed by atoms with Crippen molar-refractivity contribution in [3.05, 3.63) is 12.2 Å². The number of unbranched alkanes of at least 4 members (excludes halogenated alkanes) is 37. The van der Waals surface area contributed by atoms with Crippen LogP contribution in [0.1, 0.15) is 284 Å². The minimum absolute atomic E-state index is 0.141. The van der Waals surface area contributed by atoms with E-state index in [1.54, 1.807) is 0 Å². The summed E-state index contributed by atoms with van der Waals surface area (Å²) in [5.41, 5.74) is 0. The van der Waals surface area contributed by atoms with Gasteiger partial charge in [0.25, 0.3) is 0 Å². The number of aliphatic hydroxyl groups excluding tert-OH is 3. The average Bonchev–Trinajstić information content (AvgIpc) is 3.20. The number of hydrogen-bond acceptors (Lipinski definition) is 4. The molecule has 0 aliphatic rings. The van der Waals surface area contributed by atoms with E-state index in [4.69, 9.17) is 0 Å². The molecule has 0 fully saturated rings. The molecule has 0 aromatic rings. The van der Waals surface area contributed by atoms with Crippen LogP contribution in [0.2, 0.25) is 0 Å². The van der Waals surface area contributed by atoms with Gasteiger partial charge < -0.3 is 20.6 Å². The van der Waals surface area contributed by atoms with Crippen LogP contribution < -0.4 is 5.32 Å². The number of allylic oxidation sites excluding steroid dienone is 2. The lowest BCUT2D eigenvalue weighted by Gasteiger charge is -2.26. The van der Waals surface area contributed by atoms with Crippen molar-refractivity contribution < 1.29 is 20.1 Å². The van der Waals surface area contributed by atoms with Gasteiger partial charge in [-0.1, -0.05) is 251 Å². The van der Waals surface area contributed by atoms with Crippen molar-refractivity contribution in [2.75, 3.05) is 6.61 Å². The molecule has 3 unspecified atom stereocenters. The molecule has 0 heterocycles. The smallest absolute Gasteiger partial charge is 0.220 e. The van der Waals surface area contributed by atoms with E-state index in [1.165, 1.54) is 218 Å². The lowest BCUT2D eigenvalue weighted by Crippen LogP contribution is -2.50. The van der Waals surface area contributed by atoms with Crippen molar-refractivity contribution in [3.8, 4) is 0 Å².